The molecule has 0 fully saturated rings. The highest BCUT2D eigenvalue weighted by Crippen LogP contribution is 2.25. The predicted molar refractivity (Wildman–Crippen MR) is 78.7 cm³/mol. The van der Waals surface area contributed by atoms with Crippen LogP contribution in [0, 0.1) is 11.3 Å². The van der Waals surface area contributed by atoms with Crippen LogP contribution in [0.1, 0.15) is 66.2 Å². The quantitative estimate of drug-likeness (QED) is 0.597. The first-order valence-electron chi connectivity index (χ1n) is 7.13. The van der Waals surface area contributed by atoms with Gasteiger partial charge in [-0.15, -0.1) is 0 Å². The van der Waals surface area contributed by atoms with Crippen LogP contribution in [0.2, 0.25) is 0 Å². The summed E-state index contributed by atoms with van der Waals surface area (Å²) in [6.07, 6.45) is 3.16. The molecule has 0 spiro atoms. The van der Waals surface area contributed by atoms with Crippen LogP contribution in [-0.4, -0.2) is 33.9 Å². The van der Waals surface area contributed by atoms with E-state index >= 15 is 0 Å². The molecule has 5 heteroatoms. The Morgan fingerprint density at radius 3 is 1.65 bits per heavy atom. The molecule has 0 aliphatic rings. The van der Waals surface area contributed by atoms with Gasteiger partial charge in [-0.2, -0.15) is 0 Å². The number of rotatable bonds is 8. The van der Waals surface area contributed by atoms with Gasteiger partial charge in [-0.05, 0) is 37.0 Å². The van der Waals surface area contributed by atoms with Gasteiger partial charge in [0.15, 0.2) is 0 Å². The van der Waals surface area contributed by atoms with Crippen molar-refractivity contribution in [1.29, 1.82) is 0 Å². The van der Waals surface area contributed by atoms with Gasteiger partial charge in [0.25, 0.3) is 0 Å². The van der Waals surface area contributed by atoms with Crippen molar-refractivity contribution in [3.8, 4) is 0 Å². The van der Waals surface area contributed by atoms with Gasteiger partial charge in [0.2, 0.25) is 0 Å². The number of unbranched alkanes of at least 4 members (excludes halogenated alkanes) is 1. The van der Waals surface area contributed by atoms with E-state index < -0.39 is 11.9 Å². The molecule has 120 valence electrons. The molecule has 0 rings (SSSR count). The Balaban J connectivity index is 0. The maximum absolute atomic E-state index is 9.90. The van der Waals surface area contributed by atoms with E-state index in [9.17, 15) is 9.59 Å². The van der Waals surface area contributed by atoms with Gasteiger partial charge in [-0.1, -0.05) is 27.7 Å². The summed E-state index contributed by atoms with van der Waals surface area (Å²) in [5.74, 6) is -1.08. The van der Waals surface area contributed by atoms with E-state index in [0.29, 0.717) is 30.8 Å². The molecule has 1 atom stereocenters. The summed E-state index contributed by atoms with van der Waals surface area (Å²) in [6, 6.07) is 0. The highest BCUT2D eigenvalue weighted by molar-refractivity contribution is 5.67. The molecule has 0 aliphatic heterocycles. The number of hydrogen-bond donors (Lipinski definition) is 3. The lowest BCUT2D eigenvalue weighted by molar-refractivity contribution is -0.139. The van der Waals surface area contributed by atoms with Crippen LogP contribution in [0.5, 0.6) is 0 Å². The second kappa shape index (κ2) is 11.7. The highest BCUT2D eigenvalue weighted by Gasteiger charge is 2.14. The van der Waals surface area contributed by atoms with Crippen LogP contribution >= 0.6 is 0 Å². The van der Waals surface area contributed by atoms with Gasteiger partial charge in [0.05, 0.1) is 0 Å². The minimum atomic E-state index is -0.870. The van der Waals surface area contributed by atoms with Crippen molar-refractivity contribution < 1.29 is 24.9 Å². The normalized spacial score (nSPS) is 12.2. The average Bonchev–Trinajstić information content (AvgIpc) is 2.22. The largest absolute Gasteiger partial charge is 0.481 e. The van der Waals surface area contributed by atoms with Crippen molar-refractivity contribution in [2.24, 2.45) is 11.3 Å². The smallest absolute Gasteiger partial charge is 0.303 e. The van der Waals surface area contributed by atoms with Crippen LogP contribution in [0.15, 0.2) is 0 Å². The topological polar surface area (TPSA) is 94.8 Å². The Hall–Kier alpha value is -1.10. The summed E-state index contributed by atoms with van der Waals surface area (Å²) < 4.78 is 0. The Morgan fingerprint density at radius 1 is 1.00 bits per heavy atom. The Bertz CT molecular complexity index is 252. The van der Waals surface area contributed by atoms with E-state index in [1.165, 1.54) is 6.42 Å². The van der Waals surface area contributed by atoms with E-state index in [0.717, 1.165) is 6.42 Å². The predicted octanol–water partition coefficient (Wildman–Crippen LogP) is 3.16. The molecule has 3 N–H and O–H groups in total. The molecule has 0 saturated heterocycles. The summed E-state index contributed by atoms with van der Waals surface area (Å²) in [6.45, 7) is 9.24. The van der Waals surface area contributed by atoms with Crippen LogP contribution in [0.3, 0.4) is 0 Å². The standard InChI is InChI=1S/C9H20O.C6H10O4/c1-8(5-6-10)7-9(2,3)4;7-5(8)3-1-2-4-6(9)10/h8,10H,5-7H2,1-4H3;1-4H2,(H,7,8)(H,9,10). The lowest BCUT2D eigenvalue weighted by Crippen LogP contribution is -2.11. The van der Waals surface area contributed by atoms with Crippen molar-refractivity contribution in [3.05, 3.63) is 0 Å². The Kier molecular flexibility index (Phi) is 12.4. The first-order chi connectivity index (χ1) is 9.08. The molecule has 0 heterocycles. The Labute approximate surface area is 122 Å². The van der Waals surface area contributed by atoms with Gasteiger partial charge in [0.1, 0.15) is 0 Å². The molecule has 5 nitrogen and oxygen atoms in total. The minimum Gasteiger partial charge on any atom is -0.481 e. The fourth-order valence-electron chi connectivity index (χ4n) is 1.92. The van der Waals surface area contributed by atoms with Crippen molar-refractivity contribution in [1.82, 2.24) is 0 Å². The third kappa shape index (κ3) is 22.1. The zero-order valence-corrected chi connectivity index (χ0v) is 13.2. The van der Waals surface area contributed by atoms with Gasteiger partial charge in [-0.25, -0.2) is 0 Å². The molecule has 20 heavy (non-hydrogen) atoms. The molecule has 0 aliphatic carbocycles. The third-order valence-electron chi connectivity index (χ3n) is 2.61. The fourth-order valence-corrected chi connectivity index (χ4v) is 1.92. The first-order valence-corrected chi connectivity index (χ1v) is 7.13. The minimum absolute atomic E-state index is 0.0628. The van der Waals surface area contributed by atoms with Crippen LogP contribution in [0.25, 0.3) is 0 Å². The van der Waals surface area contributed by atoms with Gasteiger partial charge < -0.3 is 15.3 Å². The molecule has 1 unspecified atom stereocenters. The van der Waals surface area contributed by atoms with Gasteiger partial charge in [-0.3, -0.25) is 9.59 Å². The number of aliphatic hydroxyl groups excluding tert-OH is 1. The van der Waals surface area contributed by atoms with Gasteiger partial charge in [0, 0.05) is 19.4 Å². The summed E-state index contributed by atoms with van der Waals surface area (Å²) in [5.41, 5.74) is 0.411. The number of aliphatic carboxylic acids is 2. The van der Waals surface area contributed by atoms with Crippen molar-refractivity contribution in [2.45, 2.75) is 66.2 Å². The van der Waals surface area contributed by atoms with Crippen molar-refractivity contribution >= 4 is 11.9 Å². The number of carbonyl (C=O) groups is 2. The SMILES string of the molecule is CC(CCO)CC(C)(C)C.O=C(O)CCCCC(=O)O. The second-order valence-electron chi connectivity index (χ2n) is 6.38. The zero-order valence-electron chi connectivity index (χ0n) is 13.2. The molecule has 0 aromatic carbocycles. The van der Waals surface area contributed by atoms with Crippen LogP contribution < -0.4 is 0 Å². The number of carboxylic acids is 2. The van der Waals surface area contributed by atoms with E-state index in [4.69, 9.17) is 15.3 Å². The third-order valence-corrected chi connectivity index (χ3v) is 2.61. The Morgan fingerprint density at radius 2 is 1.40 bits per heavy atom. The maximum Gasteiger partial charge on any atom is 0.303 e. The number of hydrogen-bond acceptors (Lipinski definition) is 3. The molecule has 0 amide bonds. The lowest BCUT2D eigenvalue weighted by atomic mass is 9.84. The average molecular weight is 290 g/mol. The van der Waals surface area contributed by atoms with Gasteiger partial charge >= 0.3 is 11.9 Å². The van der Waals surface area contributed by atoms with Crippen LogP contribution in [0.4, 0.5) is 0 Å². The molecule has 0 aromatic heterocycles. The first kappa shape index (κ1) is 21.2. The number of carboxylic acid groups (broad SMARTS) is 2. The monoisotopic (exact) mass is 290 g/mol. The van der Waals surface area contributed by atoms with E-state index in [-0.39, 0.29) is 12.8 Å². The summed E-state index contributed by atoms with van der Waals surface area (Å²) >= 11 is 0. The molecule has 0 bridgehead atoms. The van der Waals surface area contributed by atoms with Crippen LogP contribution in [-0.2, 0) is 9.59 Å². The molecular weight excluding hydrogens is 260 g/mol. The summed E-state index contributed by atoms with van der Waals surface area (Å²) in [7, 11) is 0. The van der Waals surface area contributed by atoms with Crippen molar-refractivity contribution in [3.63, 3.8) is 0 Å². The van der Waals surface area contributed by atoms with Crippen molar-refractivity contribution in [2.75, 3.05) is 6.61 Å². The lowest BCUT2D eigenvalue weighted by Gasteiger charge is -2.22. The fraction of sp³-hybridized carbons (Fsp3) is 0.867. The molecule has 0 radical (unpaired) electrons. The summed E-state index contributed by atoms with van der Waals surface area (Å²) in [5, 5.41) is 24.9. The number of aliphatic hydroxyl groups is 1. The second-order valence-corrected chi connectivity index (χ2v) is 6.38. The highest BCUT2D eigenvalue weighted by atomic mass is 16.4. The van der Waals surface area contributed by atoms with E-state index in [1.807, 2.05) is 0 Å². The van der Waals surface area contributed by atoms with E-state index in [1.54, 1.807) is 0 Å². The zero-order chi connectivity index (χ0) is 16.2. The molecular formula is C15H30O5. The summed E-state index contributed by atoms with van der Waals surface area (Å²) in [4.78, 5) is 19.8. The van der Waals surface area contributed by atoms with E-state index in [2.05, 4.69) is 27.7 Å². The maximum atomic E-state index is 9.90. The molecule has 0 aromatic rings. The molecule has 0 saturated carbocycles.